The Hall–Kier alpha value is -0.820. The second-order valence-corrected chi connectivity index (χ2v) is 2.87. The van der Waals surface area contributed by atoms with E-state index in [1.165, 1.54) is 16.7 Å². The van der Waals surface area contributed by atoms with Gasteiger partial charge >= 0.3 is 0 Å². The van der Waals surface area contributed by atoms with Crippen LogP contribution in [0.4, 0.5) is 0 Å². The summed E-state index contributed by atoms with van der Waals surface area (Å²) in [6.07, 6.45) is 2.15. The summed E-state index contributed by atoms with van der Waals surface area (Å²) in [4.78, 5) is 0. The Morgan fingerprint density at radius 2 is 2.08 bits per heavy atom. The number of aryl methyl sites for hydroxylation is 1. The zero-order valence-corrected chi connectivity index (χ0v) is 7.85. The topological polar surface area (TPSA) is 26.0 Å². The van der Waals surface area contributed by atoms with Crippen molar-refractivity contribution in [2.45, 2.75) is 33.2 Å². The van der Waals surface area contributed by atoms with Crippen LogP contribution in [0.3, 0.4) is 0 Å². The van der Waals surface area contributed by atoms with E-state index < -0.39 is 0 Å². The monoisotopic (exact) mass is 162 g/mol. The van der Waals surface area contributed by atoms with E-state index in [1.807, 2.05) is 6.07 Å². The first-order valence-electron chi connectivity index (χ1n) is 4.54. The van der Waals surface area contributed by atoms with Crippen LogP contribution in [0.25, 0.3) is 0 Å². The summed E-state index contributed by atoms with van der Waals surface area (Å²) in [5, 5.41) is 0. The molecule has 1 nitrogen and oxygen atoms in total. The molecule has 0 aliphatic rings. The number of hydrogen-bond donors (Lipinski definition) is 1. The maximum atomic E-state index is 5.62. The molecule has 0 fully saturated rings. The molecule has 1 aromatic carbocycles. The molecular weight excluding hydrogens is 146 g/mol. The van der Waals surface area contributed by atoms with E-state index in [1.54, 1.807) is 0 Å². The van der Waals surface area contributed by atoms with Crippen molar-refractivity contribution in [2.24, 2.45) is 5.73 Å². The van der Waals surface area contributed by atoms with Crippen LogP contribution in [0.1, 0.15) is 30.5 Å². The van der Waals surface area contributed by atoms with Gasteiger partial charge in [-0.2, -0.15) is 0 Å². The summed E-state index contributed by atoms with van der Waals surface area (Å²) < 4.78 is 0. The van der Waals surface area contributed by atoms with Gasteiger partial charge in [-0.05, 0) is 35.6 Å². The van der Waals surface area contributed by atoms with E-state index in [2.05, 4.69) is 26.0 Å². The van der Waals surface area contributed by atoms with Gasteiger partial charge in [0.2, 0.25) is 0 Å². The molecule has 0 atom stereocenters. The predicted octanol–water partition coefficient (Wildman–Crippen LogP) is 2.07. The minimum absolute atomic E-state index is 0.608. The third kappa shape index (κ3) is 1.67. The van der Waals surface area contributed by atoms with Crippen molar-refractivity contribution >= 4 is 0 Å². The van der Waals surface area contributed by atoms with Crippen LogP contribution in [0.15, 0.2) is 12.1 Å². The highest BCUT2D eigenvalue weighted by Gasteiger charge is 2.02. The second-order valence-electron chi connectivity index (χ2n) is 2.87. The Bertz CT molecular complexity index is 231. The first-order chi connectivity index (χ1) is 5.83. The lowest BCUT2D eigenvalue weighted by Crippen LogP contribution is -2.03. The normalized spacial score (nSPS) is 10.2. The zero-order valence-electron chi connectivity index (χ0n) is 7.85. The lowest BCUT2D eigenvalue weighted by atomic mass is 9.97. The molecule has 0 spiro atoms. The van der Waals surface area contributed by atoms with Crippen molar-refractivity contribution in [1.82, 2.24) is 0 Å². The van der Waals surface area contributed by atoms with Gasteiger partial charge in [0.05, 0.1) is 0 Å². The summed E-state index contributed by atoms with van der Waals surface area (Å²) in [5.74, 6) is 0. The Kier molecular flexibility index (Phi) is 3.30. The second kappa shape index (κ2) is 4.27. The van der Waals surface area contributed by atoms with Crippen molar-refractivity contribution in [1.29, 1.82) is 0 Å². The van der Waals surface area contributed by atoms with Gasteiger partial charge in [-0.25, -0.2) is 0 Å². The number of benzene rings is 1. The van der Waals surface area contributed by atoms with Gasteiger partial charge in [-0.3, -0.25) is 0 Å². The number of nitrogens with two attached hydrogens (primary N) is 1. The Labute approximate surface area is 74.6 Å². The lowest BCUT2D eigenvalue weighted by molar-refractivity contribution is 0.960. The van der Waals surface area contributed by atoms with E-state index in [4.69, 9.17) is 5.73 Å². The van der Waals surface area contributed by atoms with Crippen molar-refractivity contribution in [3.63, 3.8) is 0 Å². The highest BCUT2D eigenvalue weighted by Crippen LogP contribution is 2.15. The summed E-state index contributed by atoms with van der Waals surface area (Å²) in [6, 6.07) is 7.30. The quantitative estimate of drug-likeness (QED) is 0.723. The van der Waals surface area contributed by atoms with Crippen molar-refractivity contribution in [2.75, 3.05) is 0 Å². The molecule has 1 heteroatoms. The van der Waals surface area contributed by atoms with Crippen LogP contribution in [0.2, 0.25) is 0 Å². The van der Waals surface area contributed by atoms with Gasteiger partial charge in [0, 0.05) is 6.54 Å². The van der Waals surface area contributed by atoms with Crippen molar-refractivity contribution in [3.05, 3.63) is 34.9 Å². The molecule has 0 heterocycles. The molecule has 0 saturated carbocycles. The van der Waals surface area contributed by atoms with Gasteiger partial charge in [-0.1, -0.05) is 26.0 Å². The fraction of sp³-hybridized carbons (Fsp3) is 0.455. The molecule has 0 bridgehead atoms. The zero-order chi connectivity index (χ0) is 8.97. The SMILES string of the molecule is CCc1cc[c]c(CN)c1CC. The van der Waals surface area contributed by atoms with E-state index in [9.17, 15) is 0 Å². The van der Waals surface area contributed by atoms with Crippen LogP contribution < -0.4 is 5.73 Å². The summed E-state index contributed by atoms with van der Waals surface area (Å²) in [6.45, 7) is 4.95. The number of rotatable bonds is 3. The molecule has 0 aromatic heterocycles. The molecule has 12 heavy (non-hydrogen) atoms. The molecule has 0 unspecified atom stereocenters. The van der Waals surface area contributed by atoms with Crippen LogP contribution in [0.5, 0.6) is 0 Å². The first-order valence-corrected chi connectivity index (χ1v) is 4.54. The average Bonchev–Trinajstić information content (AvgIpc) is 2.16. The molecule has 1 aromatic rings. The fourth-order valence-electron chi connectivity index (χ4n) is 1.58. The molecule has 1 radical (unpaired) electrons. The van der Waals surface area contributed by atoms with Gasteiger partial charge in [-0.15, -0.1) is 0 Å². The van der Waals surface area contributed by atoms with Crippen LogP contribution >= 0.6 is 0 Å². The smallest absolute Gasteiger partial charge is 0.0187 e. The summed E-state index contributed by atoms with van der Waals surface area (Å²) in [7, 11) is 0. The van der Waals surface area contributed by atoms with Gasteiger partial charge in [0.25, 0.3) is 0 Å². The summed E-state index contributed by atoms with van der Waals surface area (Å²) in [5.41, 5.74) is 9.60. The van der Waals surface area contributed by atoms with E-state index in [0.29, 0.717) is 6.54 Å². The van der Waals surface area contributed by atoms with E-state index in [-0.39, 0.29) is 0 Å². The van der Waals surface area contributed by atoms with Gasteiger partial charge in [0.1, 0.15) is 0 Å². The highest BCUT2D eigenvalue weighted by molar-refractivity contribution is 5.34. The van der Waals surface area contributed by atoms with Crippen LogP contribution in [-0.2, 0) is 19.4 Å². The average molecular weight is 162 g/mol. The molecule has 0 amide bonds. The Morgan fingerprint density at radius 1 is 1.33 bits per heavy atom. The first kappa shape index (κ1) is 9.27. The van der Waals surface area contributed by atoms with Crippen LogP contribution in [-0.4, -0.2) is 0 Å². The fourth-order valence-corrected chi connectivity index (χ4v) is 1.58. The Balaban J connectivity index is 3.13. The summed E-state index contributed by atoms with van der Waals surface area (Å²) >= 11 is 0. The Morgan fingerprint density at radius 3 is 2.58 bits per heavy atom. The highest BCUT2D eigenvalue weighted by atomic mass is 14.5. The van der Waals surface area contributed by atoms with E-state index >= 15 is 0 Å². The maximum absolute atomic E-state index is 5.62. The standard InChI is InChI=1S/C11H16N/c1-3-9-6-5-7-10(8-12)11(9)4-2/h5-6H,3-4,8,12H2,1-2H3. The third-order valence-corrected chi connectivity index (χ3v) is 2.23. The lowest BCUT2D eigenvalue weighted by Gasteiger charge is -2.09. The maximum Gasteiger partial charge on any atom is 0.0187 e. The van der Waals surface area contributed by atoms with Crippen molar-refractivity contribution in [3.8, 4) is 0 Å². The largest absolute Gasteiger partial charge is 0.326 e. The van der Waals surface area contributed by atoms with Crippen LogP contribution in [0, 0.1) is 6.07 Å². The molecule has 0 aliphatic heterocycles. The molecule has 1 rings (SSSR count). The minimum atomic E-state index is 0.608. The van der Waals surface area contributed by atoms with Crippen molar-refractivity contribution < 1.29 is 0 Å². The molecule has 65 valence electrons. The molecule has 0 aliphatic carbocycles. The van der Waals surface area contributed by atoms with Gasteiger partial charge < -0.3 is 5.73 Å². The molecular formula is C11H16N. The van der Waals surface area contributed by atoms with Gasteiger partial charge in [0.15, 0.2) is 0 Å². The third-order valence-electron chi connectivity index (χ3n) is 2.23. The predicted molar refractivity (Wildman–Crippen MR) is 51.9 cm³/mol. The van der Waals surface area contributed by atoms with E-state index in [0.717, 1.165) is 12.8 Å². The number of hydrogen-bond acceptors (Lipinski definition) is 1. The minimum Gasteiger partial charge on any atom is -0.326 e. The molecule has 2 N–H and O–H groups in total. The molecule has 0 saturated heterocycles.